The number of nitrogens with zero attached hydrogens (tertiary/aromatic N) is 3. The molecule has 0 bridgehead atoms. The van der Waals surface area contributed by atoms with Crippen molar-refractivity contribution in [2.24, 2.45) is 0 Å². The Morgan fingerprint density at radius 2 is 1.86 bits per heavy atom. The maximum absolute atomic E-state index is 13.1. The first-order chi connectivity index (χ1) is 14.0. The number of piperidine rings is 1. The van der Waals surface area contributed by atoms with Gasteiger partial charge in [0.1, 0.15) is 11.6 Å². The Kier molecular flexibility index (Phi) is 5.33. The van der Waals surface area contributed by atoms with Crippen molar-refractivity contribution in [3.63, 3.8) is 0 Å². The van der Waals surface area contributed by atoms with E-state index in [1.165, 1.54) is 16.4 Å². The summed E-state index contributed by atoms with van der Waals surface area (Å²) in [5, 5.41) is 4.04. The van der Waals surface area contributed by atoms with E-state index in [4.69, 9.17) is 9.26 Å². The van der Waals surface area contributed by atoms with Crippen LogP contribution in [0.15, 0.2) is 57.9 Å². The van der Waals surface area contributed by atoms with Gasteiger partial charge in [-0.2, -0.15) is 9.29 Å². The third-order valence-electron chi connectivity index (χ3n) is 4.97. The Labute approximate surface area is 168 Å². The van der Waals surface area contributed by atoms with Gasteiger partial charge in [0.25, 0.3) is 0 Å². The van der Waals surface area contributed by atoms with Crippen LogP contribution in [0.1, 0.15) is 24.7 Å². The van der Waals surface area contributed by atoms with Gasteiger partial charge in [-0.15, -0.1) is 0 Å². The number of methoxy groups -OCH3 is 1. The summed E-state index contributed by atoms with van der Waals surface area (Å²) >= 11 is 0. The van der Waals surface area contributed by atoms with Crippen LogP contribution in [0.3, 0.4) is 0 Å². The predicted molar refractivity (Wildman–Crippen MR) is 103 cm³/mol. The summed E-state index contributed by atoms with van der Waals surface area (Å²) in [6.07, 6.45) is 1.42. The minimum Gasteiger partial charge on any atom is -0.497 e. The van der Waals surface area contributed by atoms with E-state index >= 15 is 0 Å². The van der Waals surface area contributed by atoms with Gasteiger partial charge in [-0.1, -0.05) is 5.16 Å². The molecule has 1 fully saturated rings. The number of hydrogen-bond donors (Lipinski definition) is 0. The molecule has 9 heteroatoms. The molecule has 1 atom stereocenters. The van der Waals surface area contributed by atoms with Crippen molar-refractivity contribution in [2.75, 3.05) is 20.2 Å². The molecule has 0 amide bonds. The summed E-state index contributed by atoms with van der Waals surface area (Å²) in [6, 6.07) is 12.1. The van der Waals surface area contributed by atoms with Crippen LogP contribution >= 0.6 is 0 Å². The second kappa shape index (κ2) is 7.92. The summed E-state index contributed by atoms with van der Waals surface area (Å²) in [5.74, 6) is 0.915. The number of ether oxygens (including phenoxy) is 1. The molecule has 1 aliphatic rings. The molecule has 152 valence electrons. The lowest BCUT2D eigenvalue weighted by Crippen LogP contribution is -2.39. The van der Waals surface area contributed by atoms with Gasteiger partial charge >= 0.3 is 0 Å². The van der Waals surface area contributed by atoms with Gasteiger partial charge in [0.2, 0.25) is 21.7 Å². The highest BCUT2D eigenvalue weighted by molar-refractivity contribution is 7.89. The normalized spacial score (nSPS) is 17.9. The lowest BCUT2D eigenvalue weighted by molar-refractivity contribution is 0.265. The Balaban J connectivity index is 1.52. The zero-order valence-electron chi connectivity index (χ0n) is 15.8. The van der Waals surface area contributed by atoms with E-state index in [-0.39, 0.29) is 17.4 Å². The Morgan fingerprint density at radius 3 is 2.55 bits per heavy atom. The first-order valence-electron chi connectivity index (χ1n) is 9.21. The summed E-state index contributed by atoms with van der Waals surface area (Å²) in [6.45, 7) is 0.639. The number of halogens is 1. The second-order valence-corrected chi connectivity index (χ2v) is 8.78. The van der Waals surface area contributed by atoms with E-state index < -0.39 is 15.8 Å². The summed E-state index contributed by atoms with van der Waals surface area (Å²) in [4.78, 5) is 4.54. The van der Waals surface area contributed by atoms with Crippen molar-refractivity contribution in [3.05, 3.63) is 60.2 Å². The quantitative estimate of drug-likeness (QED) is 0.632. The van der Waals surface area contributed by atoms with Crippen molar-refractivity contribution < 1.29 is 22.1 Å². The van der Waals surface area contributed by atoms with Gasteiger partial charge < -0.3 is 9.26 Å². The van der Waals surface area contributed by atoms with Crippen LogP contribution in [0.4, 0.5) is 4.39 Å². The largest absolute Gasteiger partial charge is 0.497 e. The lowest BCUT2D eigenvalue weighted by Gasteiger charge is -2.30. The molecule has 0 aliphatic carbocycles. The van der Waals surface area contributed by atoms with Crippen LogP contribution in [0, 0.1) is 5.82 Å². The number of sulfonamides is 1. The Hall–Kier alpha value is -2.78. The Bertz CT molecular complexity index is 1080. The molecule has 3 aromatic rings. The predicted octanol–water partition coefficient (Wildman–Crippen LogP) is 3.45. The summed E-state index contributed by atoms with van der Waals surface area (Å²) in [5.41, 5.74) is 0.785. The Morgan fingerprint density at radius 1 is 1.14 bits per heavy atom. The molecule has 2 heterocycles. The molecule has 1 saturated heterocycles. The van der Waals surface area contributed by atoms with Crippen molar-refractivity contribution in [1.82, 2.24) is 14.4 Å². The van der Waals surface area contributed by atoms with E-state index in [1.807, 2.05) is 24.3 Å². The SMILES string of the molecule is COc1ccc(-c2noc([C@H]3CCCN(S(=O)(=O)c4ccc(F)cc4)C3)n2)cc1. The molecule has 29 heavy (non-hydrogen) atoms. The van der Waals surface area contributed by atoms with Gasteiger partial charge in [0.05, 0.1) is 17.9 Å². The smallest absolute Gasteiger partial charge is 0.243 e. The van der Waals surface area contributed by atoms with Crippen LogP contribution in [-0.2, 0) is 10.0 Å². The molecular formula is C20H20FN3O4S. The standard InChI is InChI=1S/C20H20FN3O4S/c1-27-17-8-4-14(5-9-17)19-22-20(28-23-19)15-3-2-12-24(13-15)29(25,26)18-10-6-16(21)7-11-18/h4-11,15H,2-3,12-13H2,1H3/t15-/m0/s1. The van der Waals surface area contributed by atoms with Crippen molar-refractivity contribution in [1.29, 1.82) is 0 Å². The van der Waals surface area contributed by atoms with Crippen LogP contribution in [-0.4, -0.2) is 43.1 Å². The molecule has 4 rings (SSSR count). The van der Waals surface area contributed by atoms with Crippen LogP contribution in [0.5, 0.6) is 5.75 Å². The molecule has 0 N–H and O–H groups in total. The zero-order valence-corrected chi connectivity index (χ0v) is 16.6. The zero-order chi connectivity index (χ0) is 20.4. The molecule has 1 aromatic heterocycles. The van der Waals surface area contributed by atoms with Gasteiger partial charge in [-0.25, -0.2) is 12.8 Å². The number of rotatable bonds is 5. The first kappa shape index (κ1) is 19.5. The van der Waals surface area contributed by atoms with Crippen LogP contribution < -0.4 is 4.74 Å². The molecule has 0 radical (unpaired) electrons. The van der Waals surface area contributed by atoms with E-state index in [9.17, 15) is 12.8 Å². The lowest BCUT2D eigenvalue weighted by atomic mass is 10.00. The monoisotopic (exact) mass is 417 g/mol. The number of benzene rings is 2. The van der Waals surface area contributed by atoms with E-state index in [0.717, 1.165) is 29.9 Å². The summed E-state index contributed by atoms with van der Waals surface area (Å²) < 4.78 is 50.9. The van der Waals surface area contributed by atoms with Gasteiger partial charge in [-0.3, -0.25) is 0 Å². The molecule has 7 nitrogen and oxygen atoms in total. The fraction of sp³-hybridized carbons (Fsp3) is 0.300. The molecule has 0 spiro atoms. The third kappa shape index (κ3) is 4.01. The van der Waals surface area contributed by atoms with Crippen molar-refractivity contribution >= 4 is 10.0 Å². The average Bonchev–Trinajstić information content (AvgIpc) is 3.24. The van der Waals surface area contributed by atoms with E-state index in [2.05, 4.69) is 10.1 Å². The maximum Gasteiger partial charge on any atom is 0.243 e. The highest BCUT2D eigenvalue weighted by Gasteiger charge is 2.33. The minimum absolute atomic E-state index is 0.0731. The third-order valence-corrected chi connectivity index (χ3v) is 6.85. The summed E-state index contributed by atoms with van der Waals surface area (Å²) in [7, 11) is -2.12. The molecule has 1 aliphatic heterocycles. The second-order valence-electron chi connectivity index (χ2n) is 6.84. The van der Waals surface area contributed by atoms with Crippen LogP contribution in [0.2, 0.25) is 0 Å². The maximum atomic E-state index is 13.1. The minimum atomic E-state index is -3.71. The van der Waals surface area contributed by atoms with Crippen molar-refractivity contribution in [3.8, 4) is 17.1 Å². The molecule has 0 unspecified atom stereocenters. The fourth-order valence-corrected chi connectivity index (χ4v) is 4.90. The first-order valence-corrected chi connectivity index (χ1v) is 10.6. The fourth-order valence-electron chi connectivity index (χ4n) is 3.38. The van der Waals surface area contributed by atoms with Gasteiger partial charge in [0.15, 0.2) is 0 Å². The van der Waals surface area contributed by atoms with Crippen molar-refractivity contribution in [2.45, 2.75) is 23.7 Å². The van der Waals surface area contributed by atoms with Crippen LogP contribution in [0.25, 0.3) is 11.4 Å². The highest BCUT2D eigenvalue weighted by Crippen LogP contribution is 2.31. The molecular weight excluding hydrogens is 397 g/mol. The topological polar surface area (TPSA) is 85.5 Å². The highest BCUT2D eigenvalue weighted by atomic mass is 32.2. The number of aromatic nitrogens is 2. The van der Waals surface area contributed by atoms with Gasteiger partial charge in [-0.05, 0) is 61.4 Å². The molecule has 2 aromatic carbocycles. The number of hydrogen-bond acceptors (Lipinski definition) is 6. The van der Waals surface area contributed by atoms with E-state index in [0.29, 0.717) is 24.7 Å². The van der Waals surface area contributed by atoms with Gasteiger partial charge in [0, 0.05) is 18.7 Å². The van der Waals surface area contributed by atoms with E-state index in [1.54, 1.807) is 7.11 Å². The average molecular weight is 417 g/mol. The molecule has 0 saturated carbocycles.